The summed E-state index contributed by atoms with van der Waals surface area (Å²) in [5, 5.41) is 10.3. The lowest BCUT2D eigenvalue weighted by molar-refractivity contribution is 0.0786. The first-order valence-electron chi connectivity index (χ1n) is 5.09. The van der Waals surface area contributed by atoms with Crippen molar-refractivity contribution < 1.29 is 4.79 Å². The van der Waals surface area contributed by atoms with E-state index in [0.717, 1.165) is 5.56 Å². The summed E-state index contributed by atoms with van der Waals surface area (Å²) < 4.78 is 1.69. The standard InChI is InChI=1S/C10H14N6O/c1-15(5-7-3-13-16(2)6-7)10(17)8-4-12-14-9(8)11/h3-4,6H,5H2,1-2H3,(H3,11,12,14). The molecule has 3 N–H and O–H groups in total. The Morgan fingerprint density at radius 2 is 2.35 bits per heavy atom. The Morgan fingerprint density at radius 1 is 1.59 bits per heavy atom. The number of rotatable bonds is 3. The highest BCUT2D eigenvalue weighted by molar-refractivity contribution is 5.97. The summed E-state index contributed by atoms with van der Waals surface area (Å²) in [6, 6.07) is 0. The molecule has 0 aliphatic carbocycles. The van der Waals surface area contributed by atoms with Gasteiger partial charge in [-0.3, -0.25) is 14.6 Å². The maximum Gasteiger partial charge on any atom is 0.259 e. The van der Waals surface area contributed by atoms with Crippen LogP contribution in [0.4, 0.5) is 5.82 Å². The number of amides is 1. The fraction of sp³-hybridized carbons (Fsp3) is 0.300. The van der Waals surface area contributed by atoms with Crippen LogP contribution in [0.5, 0.6) is 0 Å². The van der Waals surface area contributed by atoms with Gasteiger partial charge in [0.15, 0.2) is 0 Å². The summed E-state index contributed by atoms with van der Waals surface area (Å²) in [6.45, 7) is 0.483. The lowest BCUT2D eigenvalue weighted by atomic mass is 10.2. The molecule has 7 nitrogen and oxygen atoms in total. The van der Waals surface area contributed by atoms with E-state index in [9.17, 15) is 4.79 Å². The Morgan fingerprint density at radius 3 is 2.88 bits per heavy atom. The van der Waals surface area contributed by atoms with Crippen LogP contribution >= 0.6 is 0 Å². The molecule has 0 spiro atoms. The number of hydrogen-bond acceptors (Lipinski definition) is 4. The number of aromatic amines is 1. The number of hydrogen-bond donors (Lipinski definition) is 2. The zero-order chi connectivity index (χ0) is 12.4. The highest BCUT2D eigenvalue weighted by atomic mass is 16.2. The van der Waals surface area contributed by atoms with Crippen LogP contribution in [0, 0.1) is 0 Å². The molecule has 90 valence electrons. The Kier molecular flexibility index (Phi) is 2.82. The quantitative estimate of drug-likeness (QED) is 0.781. The smallest absolute Gasteiger partial charge is 0.259 e. The summed E-state index contributed by atoms with van der Waals surface area (Å²) in [5.41, 5.74) is 6.94. The van der Waals surface area contributed by atoms with E-state index in [1.165, 1.54) is 6.20 Å². The maximum atomic E-state index is 12.0. The molecule has 0 saturated carbocycles. The van der Waals surface area contributed by atoms with Gasteiger partial charge in [-0.1, -0.05) is 0 Å². The van der Waals surface area contributed by atoms with Crippen LogP contribution in [0.15, 0.2) is 18.6 Å². The largest absolute Gasteiger partial charge is 0.383 e. The van der Waals surface area contributed by atoms with Gasteiger partial charge in [-0.15, -0.1) is 0 Å². The lowest BCUT2D eigenvalue weighted by Crippen LogP contribution is -2.26. The van der Waals surface area contributed by atoms with E-state index < -0.39 is 0 Å². The minimum atomic E-state index is -0.167. The fourth-order valence-electron chi connectivity index (χ4n) is 1.57. The van der Waals surface area contributed by atoms with Crippen molar-refractivity contribution in [3.05, 3.63) is 29.7 Å². The van der Waals surface area contributed by atoms with Crippen LogP contribution in [0.25, 0.3) is 0 Å². The molecular formula is C10H14N6O. The number of nitrogens with zero attached hydrogens (tertiary/aromatic N) is 4. The summed E-state index contributed by atoms with van der Waals surface area (Å²) in [6.07, 6.45) is 5.02. The number of aromatic nitrogens is 4. The molecule has 0 aromatic carbocycles. The number of nitrogens with one attached hydrogen (secondary N) is 1. The van der Waals surface area contributed by atoms with Gasteiger partial charge in [-0.2, -0.15) is 10.2 Å². The molecule has 2 heterocycles. The Balaban J connectivity index is 2.08. The van der Waals surface area contributed by atoms with Crippen molar-refractivity contribution in [3.8, 4) is 0 Å². The van der Waals surface area contributed by atoms with E-state index >= 15 is 0 Å². The SMILES string of the molecule is CN(Cc1cnn(C)c1)C(=O)c1cn[nH]c1N. The molecule has 0 fully saturated rings. The van der Waals surface area contributed by atoms with Crippen molar-refractivity contribution in [3.63, 3.8) is 0 Å². The van der Waals surface area contributed by atoms with Gasteiger partial charge >= 0.3 is 0 Å². The molecule has 2 aromatic heterocycles. The average Bonchev–Trinajstić information content (AvgIpc) is 2.86. The van der Waals surface area contributed by atoms with Crippen molar-refractivity contribution >= 4 is 11.7 Å². The molecule has 0 aliphatic heterocycles. The van der Waals surface area contributed by atoms with E-state index in [1.807, 2.05) is 13.2 Å². The van der Waals surface area contributed by atoms with Gasteiger partial charge < -0.3 is 10.6 Å². The van der Waals surface area contributed by atoms with E-state index in [-0.39, 0.29) is 11.7 Å². The molecule has 17 heavy (non-hydrogen) atoms. The molecule has 0 bridgehead atoms. The van der Waals surface area contributed by atoms with E-state index in [4.69, 9.17) is 5.73 Å². The third kappa shape index (κ3) is 2.27. The van der Waals surface area contributed by atoms with Gasteiger partial charge in [0.25, 0.3) is 5.91 Å². The number of H-pyrrole nitrogens is 1. The van der Waals surface area contributed by atoms with Crippen molar-refractivity contribution in [2.45, 2.75) is 6.54 Å². The van der Waals surface area contributed by atoms with Crippen molar-refractivity contribution in [2.24, 2.45) is 7.05 Å². The van der Waals surface area contributed by atoms with Gasteiger partial charge in [0, 0.05) is 32.4 Å². The minimum Gasteiger partial charge on any atom is -0.383 e. The number of nitrogens with two attached hydrogens (primary N) is 1. The van der Waals surface area contributed by atoms with Crippen LogP contribution in [-0.4, -0.2) is 37.8 Å². The average molecular weight is 234 g/mol. The molecule has 2 rings (SSSR count). The van der Waals surface area contributed by atoms with Gasteiger partial charge in [0.1, 0.15) is 11.4 Å². The van der Waals surface area contributed by atoms with E-state index in [2.05, 4.69) is 15.3 Å². The van der Waals surface area contributed by atoms with Gasteiger partial charge in [-0.25, -0.2) is 0 Å². The third-order valence-electron chi connectivity index (χ3n) is 2.42. The van der Waals surface area contributed by atoms with Gasteiger partial charge in [-0.05, 0) is 0 Å². The maximum absolute atomic E-state index is 12.0. The first-order valence-corrected chi connectivity index (χ1v) is 5.09. The van der Waals surface area contributed by atoms with Crippen molar-refractivity contribution in [1.82, 2.24) is 24.9 Å². The molecule has 0 saturated heterocycles. The topological polar surface area (TPSA) is 92.8 Å². The lowest BCUT2D eigenvalue weighted by Gasteiger charge is -2.15. The normalized spacial score (nSPS) is 10.5. The number of nitrogen functional groups attached to an aromatic ring is 1. The second kappa shape index (κ2) is 4.28. The highest BCUT2D eigenvalue weighted by Crippen LogP contribution is 2.11. The molecule has 0 aliphatic rings. The van der Waals surface area contributed by atoms with E-state index in [0.29, 0.717) is 12.1 Å². The van der Waals surface area contributed by atoms with Gasteiger partial charge in [0.2, 0.25) is 0 Å². The second-order valence-electron chi connectivity index (χ2n) is 3.88. The second-order valence-corrected chi connectivity index (χ2v) is 3.88. The van der Waals surface area contributed by atoms with Crippen LogP contribution < -0.4 is 5.73 Å². The highest BCUT2D eigenvalue weighted by Gasteiger charge is 2.16. The van der Waals surface area contributed by atoms with Crippen LogP contribution in [-0.2, 0) is 13.6 Å². The summed E-state index contributed by atoms with van der Waals surface area (Å²) >= 11 is 0. The fourth-order valence-corrected chi connectivity index (χ4v) is 1.57. The van der Waals surface area contributed by atoms with Crippen LogP contribution in [0.2, 0.25) is 0 Å². The molecule has 1 amide bonds. The first-order chi connectivity index (χ1) is 8.08. The number of carbonyl (C=O) groups is 1. The monoisotopic (exact) mass is 234 g/mol. The van der Waals surface area contributed by atoms with Crippen LogP contribution in [0.3, 0.4) is 0 Å². The van der Waals surface area contributed by atoms with Crippen molar-refractivity contribution in [2.75, 3.05) is 12.8 Å². The Bertz CT molecular complexity index is 528. The van der Waals surface area contributed by atoms with Crippen molar-refractivity contribution in [1.29, 1.82) is 0 Å². The third-order valence-corrected chi connectivity index (χ3v) is 2.42. The molecule has 0 atom stereocenters. The predicted molar refractivity (Wildman–Crippen MR) is 62.0 cm³/mol. The van der Waals surface area contributed by atoms with E-state index in [1.54, 1.807) is 22.8 Å². The number of anilines is 1. The minimum absolute atomic E-state index is 0.167. The molecule has 0 radical (unpaired) electrons. The molecule has 2 aromatic rings. The Labute approximate surface area is 98.2 Å². The van der Waals surface area contributed by atoms with Gasteiger partial charge in [0.05, 0.1) is 12.4 Å². The molecule has 7 heteroatoms. The zero-order valence-electron chi connectivity index (χ0n) is 9.71. The summed E-state index contributed by atoms with van der Waals surface area (Å²) in [7, 11) is 3.54. The number of carbonyl (C=O) groups excluding carboxylic acids is 1. The Hall–Kier alpha value is -2.31. The van der Waals surface area contributed by atoms with Crippen LogP contribution in [0.1, 0.15) is 15.9 Å². The predicted octanol–water partition coefficient (Wildman–Crippen LogP) is -0.00240. The summed E-state index contributed by atoms with van der Waals surface area (Å²) in [5.74, 6) is 0.119. The zero-order valence-corrected chi connectivity index (χ0v) is 9.71. The first kappa shape index (κ1) is 11.2. The number of aryl methyl sites for hydroxylation is 1. The molecule has 0 unspecified atom stereocenters. The molecular weight excluding hydrogens is 220 g/mol. The summed E-state index contributed by atoms with van der Waals surface area (Å²) in [4.78, 5) is 13.6.